The van der Waals surface area contributed by atoms with Gasteiger partial charge in [0.05, 0.1) is 10.5 Å². The Morgan fingerprint density at radius 1 is 1.06 bits per heavy atom. The summed E-state index contributed by atoms with van der Waals surface area (Å²) >= 11 is 0. The summed E-state index contributed by atoms with van der Waals surface area (Å²) < 4.78 is 32.4. The van der Waals surface area contributed by atoms with E-state index in [0.717, 1.165) is 28.3 Å². The minimum atomic E-state index is -1.26. The van der Waals surface area contributed by atoms with Crippen molar-refractivity contribution < 1.29 is 23.2 Å². The fraction of sp³-hybridized carbons (Fsp3) is 0.125. The number of nitro benzene ring substituents is 1. The van der Waals surface area contributed by atoms with Gasteiger partial charge in [-0.1, -0.05) is 60.7 Å². The Balaban J connectivity index is 1.37. The maximum Gasteiger partial charge on any atom is 0.407 e. The number of nitro groups is 1. The van der Waals surface area contributed by atoms with E-state index in [1.807, 2.05) is 48.5 Å². The first-order valence-electron chi connectivity index (χ1n) is 9.84. The number of alkyl carbamates (subject to hydrolysis) is 1. The summed E-state index contributed by atoms with van der Waals surface area (Å²) in [5.41, 5.74) is 3.34. The van der Waals surface area contributed by atoms with Crippen molar-refractivity contribution in [2.24, 2.45) is 0 Å². The van der Waals surface area contributed by atoms with Crippen LogP contribution in [0.15, 0.2) is 66.7 Å². The van der Waals surface area contributed by atoms with Crippen molar-refractivity contribution in [3.05, 3.63) is 105 Å². The average Bonchev–Trinajstić information content (AvgIpc) is 3.08. The second kappa shape index (κ2) is 8.97. The topological polar surface area (TPSA) is 81.5 Å². The molecule has 8 heteroatoms. The minimum absolute atomic E-state index is 0.0358. The molecule has 0 aromatic heterocycles. The number of rotatable bonds is 6. The van der Waals surface area contributed by atoms with E-state index in [4.69, 9.17) is 4.74 Å². The van der Waals surface area contributed by atoms with Crippen LogP contribution in [0.5, 0.6) is 0 Å². The molecule has 0 saturated carbocycles. The van der Waals surface area contributed by atoms with Gasteiger partial charge in [0.15, 0.2) is 0 Å². The molecular formula is C24H18F2N2O4. The lowest BCUT2D eigenvalue weighted by molar-refractivity contribution is -0.387. The van der Waals surface area contributed by atoms with Crippen LogP contribution in [0.1, 0.15) is 22.6 Å². The molecule has 1 amide bonds. The minimum Gasteiger partial charge on any atom is -0.449 e. The van der Waals surface area contributed by atoms with Crippen LogP contribution in [0.3, 0.4) is 0 Å². The van der Waals surface area contributed by atoms with E-state index in [0.29, 0.717) is 6.07 Å². The summed E-state index contributed by atoms with van der Waals surface area (Å²) in [6, 6.07) is 17.2. The highest BCUT2D eigenvalue weighted by Crippen LogP contribution is 2.44. The SMILES string of the molecule is O=C(NCC=Cc1cc(F)cc(F)c1[N+](=O)[O-])OCC1c2ccccc2-c2ccccc21. The van der Waals surface area contributed by atoms with E-state index in [9.17, 15) is 23.7 Å². The first kappa shape index (κ1) is 21.2. The van der Waals surface area contributed by atoms with E-state index < -0.39 is 28.3 Å². The highest BCUT2D eigenvalue weighted by Gasteiger charge is 2.29. The van der Waals surface area contributed by atoms with Crippen molar-refractivity contribution in [3.63, 3.8) is 0 Å². The second-order valence-electron chi connectivity index (χ2n) is 7.19. The van der Waals surface area contributed by atoms with Gasteiger partial charge in [-0.3, -0.25) is 10.1 Å². The molecule has 0 radical (unpaired) electrons. The predicted octanol–water partition coefficient (Wildman–Crippen LogP) is 5.42. The van der Waals surface area contributed by atoms with Gasteiger partial charge in [0.1, 0.15) is 12.4 Å². The highest BCUT2D eigenvalue weighted by molar-refractivity contribution is 5.79. The Hall–Kier alpha value is -4.07. The molecule has 162 valence electrons. The zero-order chi connectivity index (χ0) is 22.7. The fourth-order valence-electron chi connectivity index (χ4n) is 3.88. The van der Waals surface area contributed by atoms with Gasteiger partial charge in [-0.25, -0.2) is 9.18 Å². The van der Waals surface area contributed by atoms with Gasteiger partial charge in [0, 0.05) is 18.5 Å². The van der Waals surface area contributed by atoms with Crippen LogP contribution in [-0.2, 0) is 4.74 Å². The molecule has 0 fully saturated rings. The zero-order valence-electron chi connectivity index (χ0n) is 16.8. The third-order valence-corrected chi connectivity index (χ3v) is 5.25. The number of fused-ring (bicyclic) bond motifs is 3. The Morgan fingerprint density at radius 2 is 1.69 bits per heavy atom. The number of amides is 1. The quantitative estimate of drug-likeness (QED) is 0.413. The smallest absolute Gasteiger partial charge is 0.407 e. The monoisotopic (exact) mass is 436 g/mol. The Bertz CT molecular complexity index is 1180. The molecule has 3 aromatic carbocycles. The fourth-order valence-corrected chi connectivity index (χ4v) is 3.88. The van der Waals surface area contributed by atoms with Gasteiger partial charge in [-0.2, -0.15) is 4.39 Å². The average molecular weight is 436 g/mol. The van der Waals surface area contributed by atoms with Crippen LogP contribution < -0.4 is 5.32 Å². The summed E-state index contributed by atoms with van der Waals surface area (Å²) in [7, 11) is 0. The number of ether oxygens (including phenoxy) is 1. The Labute approximate surface area is 182 Å². The molecule has 0 heterocycles. The standard InChI is InChI=1S/C24H18F2N2O4/c25-16-12-15(23(28(30)31)22(26)13-16)6-5-11-27-24(29)32-14-21-19-9-3-1-7-17(19)18-8-2-4-10-20(18)21/h1-10,12-13,21H,11,14H2,(H,27,29). The lowest BCUT2D eigenvalue weighted by Gasteiger charge is -2.14. The maximum absolute atomic E-state index is 13.7. The van der Waals surface area contributed by atoms with Crippen molar-refractivity contribution in [1.82, 2.24) is 5.32 Å². The van der Waals surface area contributed by atoms with Crippen LogP contribution in [0.2, 0.25) is 0 Å². The number of carbonyl (C=O) groups excluding carboxylic acids is 1. The molecule has 6 nitrogen and oxygen atoms in total. The molecule has 1 aliphatic carbocycles. The highest BCUT2D eigenvalue weighted by atomic mass is 19.1. The van der Waals surface area contributed by atoms with Gasteiger partial charge in [0.2, 0.25) is 5.82 Å². The van der Waals surface area contributed by atoms with Crippen molar-refractivity contribution in [2.75, 3.05) is 13.2 Å². The number of halogens is 2. The Kier molecular flexibility index (Phi) is 5.93. The third kappa shape index (κ3) is 4.20. The number of hydrogen-bond donors (Lipinski definition) is 1. The van der Waals surface area contributed by atoms with Gasteiger partial charge in [-0.05, 0) is 28.3 Å². The van der Waals surface area contributed by atoms with Gasteiger partial charge >= 0.3 is 11.8 Å². The van der Waals surface area contributed by atoms with Crippen LogP contribution in [0, 0.1) is 21.7 Å². The molecule has 0 atom stereocenters. The number of nitrogens with zero attached hydrogens (tertiary/aromatic N) is 1. The summed E-state index contributed by atoms with van der Waals surface area (Å²) in [5.74, 6) is -2.28. The lowest BCUT2D eigenvalue weighted by Crippen LogP contribution is -2.26. The molecule has 0 unspecified atom stereocenters. The van der Waals surface area contributed by atoms with E-state index in [1.54, 1.807) is 0 Å². The predicted molar refractivity (Wildman–Crippen MR) is 115 cm³/mol. The first-order valence-corrected chi connectivity index (χ1v) is 9.84. The lowest BCUT2D eigenvalue weighted by atomic mass is 9.98. The number of benzene rings is 3. The van der Waals surface area contributed by atoms with Crippen molar-refractivity contribution in [1.29, 1.82) is 0 Å². The van der Waals surface area contributed by atoms with Crippen LogP contribution in [-0.4, -0.2) is 24.2 Å². The van der Waals surface area contributed by atoms with Crippen LogP contribution >= 0.6 is 0 Å². The molecule has 3 aromatic rings. The largest absolute Gasteiger partial charge is 0.449 e. The summed E-state index contributed by atoms with van der Waals surface area (Å²) in [4.78, 5) is 22.2. The molecule has 32 heavy (non-hydrogen) atoms. The first-order chi connectivity index (χ1) is 15.5. The number of carbonyl (C=O) groups is 1. The van der Waals surface area contributed by atoms with Crippen molar-refractivity contribution >= 4 is 17.9 Å². The molecule has 0 spiro atoms. The molecule has 0 bridgehead atoms. The number of nitrogens with one attached hydrogen (secondary N) is 1. The molecule has 1 N–H and O–H groups in total. The molecule has 1 aliphatic rings. The van der Waals surface area contributed by atoms with E-state index in [1.165, 1.54) is 12.2 Å². The Morgan fingerprint density at radius 3 is 2.31 bits per heavy atom. The van der Waals surface area contributed by atoms with Gasteiger partial charge < -0.3 is 10.1 Å². The summed E-state index contributed by atoms with van der Waals surface area (Å²) in [6.07, 6.45) is 1.85. The summed E-state index contributed by atoms with van der Waals surface area (Å²) in [6.45, 7) is 0.107. The van der Waals surface area contributed by atoms with Gasteiger partial charge in [0.25, 0.3) is 0 Å². The van der Waals surface area contributed by atoms with E-state index in [2.05, 4.69) is 5.32 Å². The second-order valence-corrected chi connectivity index (χ2v) is 7.19. The van der Waals surface area contributed by atoms with E-state index >= 15 is 0 Å². The zero-order valence-corrected chi connectivity index (χ0v) is 16.8. The number of hydrogen-bond acceptors (Lipinski definition) is 4. The van der Waals surface area contributed by atoms with Crippen LogP contribution in [0.25, 0.3) is 17.2 Å². The van der Waals surface area contributed by atoms with Crippen LogP contribution in [0.4, 0.5) is 19.3 Å². The van der Waals surface area contributed by atoms with Crippen molar-refractivity contribution in [3.8, 4) is 11.1 Å². The normalized spacial score (nSPS) is 12.4. The molecular weight excluding hydrogens is 418 g/mol. The van der Waals surface area contributed by atoms with Gasteiger partial charge in [-0.15, -0.1) is 0 Å². The molecule has 4 rings (SSSR count). The third-order valence-electron chi connectivity index (χ3n) is 5.25. The van der Waals surface area contributed by atoms with Crippen molar-refractivity contribution in [2.45, 2.75) is 5.92 Å². The molecule has 0 saturated heterocycles. The summed E-state index contributed by atoms with van der Waals surface area (Å²) in [5, 5.41) is 13.5. The molecule has 0 aliphatic heterocycles. The van der Waals surface area contributed by atoms with E-state index in [-0.39, 0.29) is 24.6 Å². The maximum atomic E-state index is 13.7.